The predicted molar refractivity (Wildman–Crippen MR) is 121 cm³/mol. The molecule has 0 N–H and O–H groups in total. The van der Waals surface area contributed by atoms with Gasteiger partial charge in [-0.1, -0.05) is 12.1 Å². The molecule has 0 saturated carbocycles. The molecular weight excluding hydrogens is 468 g/mol. The lowest BCUT2D eigenvalue weighted by Crippen LogP contribution is -2.25. The molecule has 3 aromatic rings. The summed E-state index contributed by atoms with van der Waals surface area (Å²) in [5.41, 5.74) is 2.04. The largest absolute Gasteiger partial charge is 0.451 e. The van der Waals surface area contributed by atoms with Crippen molar-refractivity contribution in [2.24, 2.45) is 0 Å². The number of ether oxygens (including phenoxy) is 2. The Labute approximate surface area is 195 Å². The molecule has 180 valence electrons. The quantitative estimate of drug-likeness (QED) is 0.340. The van der Waals surface area contributed by atoms with Gasteiger partial charge >= 0.3 is 12.6 Å². The van der Waals surface area contributed by atoms with Crippen molar-refractivity contribution in [2.75, 3.05) is 6.26 Å². The van der Waals surface area contributed by atoms with Gasteiger partial charge in [0, 0.05) is 28.9 Å². The summed E-state index contributed by atoms with van der Waals surface area (Å²) in [5, 5.41) is 0. The second-order valence-corrected chi connectivity index (χ2v) is 9.66. The van der Waals surface area contributed by atoms with Gasteiger partial charge < -0.3 is 14.0 Å². The molecule has 0 aliphatic rings. The van der Waals surface area contributed by atoms with Gasteiger partial charge in [0.1, 0.15) is 5.75 Å². The second kappa shape index (κ2) is 9.76. The fourth-order valence-electron chi connectivity index (χ4n) is 3.64. The Morgan fingerprint density at radius 1 is 0.971 bits per heavy atom. The summed E-state index contributed by atoms with van der Waals surface area (Å²) in [4.78, 5) is 25.5. The molecule has 1 atom stereocenters. The van der Waals surface area contributed by atoms with Crippen LogP contribution in [0, 0.1) is 13.8 Å². The van der Waals surface area contributed by atoms with E-state index in [9.17, 15) is 26.8 Å². The SMILES string of the molecule is Cc1cc(C(=O)[C@H](C)OC(=O)c2ccccc2S(C)(=O)=O)c(C)n1-c1ccc(OC(F)F)cc1. The summed E-state index contributed by atoms with van der Waals surface area (Å²) in [7, 11) is -3.68. The molecule has 0 bridgehead atoms. The number of Topliss-reactive ketones (excluding diaryl/α,β-unsaturated/α-hetero) is 1. The highest BCUT2D eigenvalue weighted by Crippen LogP contribution is 2.25. The summed E-state index contributed by atoms with van der Waals surface area (Å²) < 4.78 is 60.1. The predicted octanol–water partition coefficient (Wildman–Crippen LogP) is 4.53. The molecule has 1 aromatic heterocycles. The van der Waals surface area contributed by atoms with Crippen LogP contribution < -0.4 is 4.74 Å². The van der Waals surface area contributed by atoms with Crippen LogP contribution in [0.25, 0.3) is 5.69 Å². The van der Waals surface area contributed by atoms with Crippen LogP contribution in [0.15, 0.2) is 59.5 Å². The number of hydrogen-bond acceptors (Lipinski definition) is 6. The van der Waals surface area contributed by atoms with E-state index in [1.54, 1.807) is 36.6 Å². The maximum atomic E-state index is 13.1. The lowest BCUT2D eigenvalue weighted by molar-refractivity contribution is -0.0498. The maximum absolute atomic E-state index is 13.1. The van der Waals surface area contributed by atoms with Crippen LogP contribution in [0.4, 0.5) is 8.78 Å². The van der Waals surface area contributed by atoms with Crippen LogP contribution in [0.2, 0.25) is 0 Å². The highest BCUT2D eigenvalue weighted by Gasteiger charge is 2.27. The number of aryl methyl sites for hydroxylation is 1. The van der Waals surface area contributed by atoms with E-state index >= 15 is 0 Å². The molecule has 0 spiro atoms. The second-order valence-electron chi connectivity index (χ2n) is 7.67. The molecule has 2 aromatic carbocycles. The molecule has 0 aliphatic heterocycles. The third-order valence-electron chi connectivity index (χ3n) is 5.18. The van der Waals surface area contributed by atoms with Crippen molar-refractivity contribution in [1.82, 2.24) is 4.57 Å². The molecule has 0 saturated heterocycles. The van der Waals surface area contributed by atoms with Gasteiger partial charge in [-0.2, -0.15) is 8.78 Å². The molecule has 1 heterocycles. The topological polar surface area (TPSA) is 91.7 Å². The van der Waals surface area contributed by atoms with Gasteiger partial charge in [0.2, 0.25) is 5.78 Å². The Morgan fingerprint density at radius 3 is 2.18 bits per heavy atom. The zero-order chi connectivity index (χ0) is 25.2. The lowest BCUT2D eigenvalue weighted by Gasteiger charge is -2.14. The summed E-state index contributed by atoms with van der Waals surface area (Å²) in [6.07, 6.45) is -0.204. The molecule has 10 heteroatoms. The number of carbonyl (C=O) groups is 2. The Bertz CT molecular complexity index is 1330. The Kier molecular flexibility index (Phi) is 7.21. The van der Waals surface area contributed by atoms with Crippen LogP contribution in [0.1, 0.15) is 39.0 Å². The van der Waals surface area contributed by atoms with Crippen molar-refractivity contribution in [1.29, 1.82) is 0 Å². The summed E-state index contributed by atoms with van der Waals surface area (Å²) >= 11 is 0. The van der Waals surface area contributed by atoms with Gasteiger partial charge in [-0.05, 0) is 63.2 Å². The first kappa shape index (κ1) is 25.1. The van der Waals surface area contributed by atoms with Gasteiger partial charge in [-0.15, -0.1) is 0 Å². The number of esters is 1. The number of carbonyl (C=O) groups excluding carboxylic acids is 2. The molecule has 0 radical (unpaired) electrons. The number of benzene rings is 2. The fourth-order valence-corrected chi connectivity index (χ4v) is 4.52. The highest BCUT2D eigenvalue weighted by molar-refractivity contribution is 7.90. The first-order valence-corrected chi connectivity index (χ1v) is 12.1. The Hall–Kier alpha value is -3.53. The average molecular weight is 492 g/mol. The van der Waals surface area contributed by atoms with E-state index in [1.165, 1.54) is 43.3 Å². The van der Waals surface area contributed by atoms with E-state index in [0.717, 1.165) is 6.26 Å². The van der Waals surface area contributed by atoms with E-state index in [-0.39, 0.29) is 16.2 Å². The minimum Gasteiger partial charge on any atom is -0.451 e. The smallest absolute Gasteiger partial charge is 0.387 e. The molecule has 34 heavy (non-hydrogen) atoms. The van der Waals surface area contributed by atoms with Crippen molar-refractivity contribution < 1.29 is 36.3 Å². The minimum absolute atomic E-state index is 0.00687. The number of ketones is 1. The highest BCUT2D eigenvalue weighted by atomic mass is 32.2. The third kappa shape index (κ3) is 5.33. The number of aromatic nitrogens is 1. The normalized spacial score (nSPS) is 12.4. The third-order valence-corrected chi connectivity index (χ3v) is 6.33. The molecule has 3 rings (SSSR count). The van der Waals surface area contributed by atoms with E-state index < -0.39 is 34.3 Å². The Balaban J connectivity index is 1.84. The van der Waals surface area contributed by atoms with Crippen LogP contribution >= 0.6 is 0 Å². The molecule has 0 aliphatic carbocycles. The Morgan fingerprint density at radius 2 is 1.59 bits per heavy atom. The zero-order valence-electron chi connectivity index (χ0n) is 18.9. The maximum Gasteiger partial charge on any atom is 0.387 e. The zero-order valence-corrected chi connectivity index (χ0v) is 19.7. The van der Waals surface area contributed by atoms with Crippen molar-refractivity contribution >= 4 is 21.6 Å². The first-order chi connectivity index (χ1) is 15.9. The number of alkyl halides is 2. The summed E-state index contributed by atoms with van der Waals surface area (Å²) in [5.74, 6) is -1.39. The van der Waals surface area contributed by atoms with Crippen molar-refractivity contribution in [3.8, 4) is 11.4 Å². The van der Waals surface area contributed by atoms with Gasteiger partial charge in [-0.25, -0.2) is 13.2 Å². The standard InChI is InChI=1S/C24H23F2NO6S/c1-14-13-20(15(2)27(14)17-9-11-18(12-10-17)33-24(25)26)22(28)16(3)32-23(29)19-7-5-6-8-21(19)34(4,30)31/h5-13,16,24H,1-4H3/t16-/m0/s1. The van der Waals surface area contributed by atoms with E-state index in [0.29, 0.717) is 22.6 Å². The van der Waals surface area contributed by atoms with Crippen LogP contribution in [0.5, 0.6) is 5.75 Å². The molecule has 0 fully saturated rings. The molecule has 0 amide bonds. The van der Waals surface area contributed by atoms with Crippen LogP contribution in [-0.4, -0.2) is 43.7 Å². The van der Waals surface area contributed by atoms with Crippen LogP contribution in [-0.2, 0) is 14.6 Å². The van der Waals surface area contributed by atoms with Gasteiger partial charge in [0.25, 0.3) is 0 Å². The van der Waals surface area contributed by atoms with E-state index in [4.69, 9.17) is 4.74 Å². The monoisotopic (exact) mass is 491 g/mol. The minimum atomic E-state index is -3.68. The lowest BCUT2D eigenvalue weighted by atomic mass is 10.1. The molecule has 0 unspecified atom stereocenters. The summed E-state index contributed by atoms with van der Waals surface area (Å²) in [6, 6.07) is 13.2. The fraction of sp³-hybridized carbons (Fsp3) is 0.250. The van der Waals surface area contributed by atoms with Crippen molar-refractivity contribution in [2.45, 2.75) is 38.4 Å². The first-order valence-electron chi connectivity index (χ1n) is 10.2. The number of sulfone groups is 1. The number of halogens is 2. The molecular formula is C24H23F2NO6S. The van der Waals surface area contributed by atoms with E-state index in [2.05, 4.69) is 4.74 Å². The van der Waals surface area contributed by atoms with Gasteiger partial charge in [0.05, 0.1) is 10.5 Å². The van der Waals surface area contributed by atoms with Gasteiger partial charge in [0.15, 0.2) is 15.9 Å². The van der Waals surface area contributed by atoms with Crippen molar-refractivity contribution in [3.05, 3.63) is 77.1 Å². The van der Waals surface area contributed by atoms with E-state index in [1.807, 2.05) is 0 Å². The average Bonchev–Trinajstić information content (AvgIpc) is 3.06. The van der Waals surface area contributed by atoms with Gasteiger partial charge in [-0.3, -0.25) is 4.79 Å². The molecule has 7 nitrogen and oxygen atoms in total. The summed E-state index contributed by atoms with van der Waals surface area (Å²) in [6.45, 7) is 1.95. The number of nitrogens with zero attached hydrogens (tertiary/aromatic N) is 1. The van der Waals surface area contributed by atoms with Crippen molar-refractivity contribution in [3.63, 3.8) is 0 Å². The number of rotatable bonds is 8. The number of hydrogen-bond donors (Lipinski definition) is 0. The van der Waals surface area contributed by atoms with Crippen LogP contribution in [0.3, 0.4) is 0 Å².